The molecule has 0 fully saturated rings. The zero-order chi connectivity index (χ0) is 30.5. The smallest absolute Gasteiger partial charge is 0.254 e. The molecule has 0 spiro atoms. The highest BCUT2D eigenvalue weighted by molar-refractivity contribution is 5.71. The van der Waals surface area contributed by atoms with E-state index in [0.717, 1.165) is 22.1 Å². The number of imidazole rings is 2. The summed E-state index contributed by atoms with van der Waals surface area (Å²) >= 11 is 0. The minimum absolute atomic E-state index is 0.637. The van der Waals surface area contributed by atoms with E-state index in [9.17, 15) is 0 Å². The number of nitrogens with zero attached hydrogens (tertiary/aromatic N) is 17. The molecule has 0 radical (unpaired) electrons. The molecule has 10 aromatic heterocycles. The molecule has 0 saturated heterocycles. The van der Waals surface area contributed by atoms with Gasteiger partial charge in [-0.05, 0) is 12.1 Å². The molecular weight excluding hydrogens is 580 g/mol. The first-order valence-corrected chi connectivity index (χ1v) is 12.8. The minimum Gasteiger partial charge on any atom is -0.342 e. The molecule has 0 bridgehead atoms. The molecule has 20 heteroatoms. The zero-order valence-electron chi connectivity index (χ0n) is 22.9. The van der Waals surface area contributed by atoms with Crippen molar-refractivity contribution in [2.24, 2.45) is 0 Å². The molecule has 0 amide bonds. The fourth-order valence-electron chi connectivity index (χ4n) is 3.42. The van der Waals surface area contributed by atoms with Gasteiger partial charge in [0.2, 0.25) is 0 Å². The second kappa shape index (κ2) is 14.1. The van der Waals surface area contributed by atoms with Crippen LogP contribution in [-0.2, 0) is 0 Å². The largest absolute Gasteiger partial charge is 0.342 e. The van der Waals surface area contributed by atoms with Crippen molar-refractivity contribution in [2.45, 2.75) is 0 Å². The van der Waals surface area contributed by atoms with Crippen molar-refractivity contribution >= 4 is 44.9 Å². The molecule has 0 saturated carbocycles. The van der Waals surface area contributed by atoms with Crippen LogP contribution in [-0.4, -0.2) is 99.2 Å². The number of hydrogen-bond acceptors (Lipinski definition) is 15. The molecule has 3 N–H and O–H groups in total. The number of nitrogens with one attached hydrogen (secondary N) is 3. The van der Waals surface area contributed by atoms with Gasteiger partial charge in [-0.25, -0.2) is 54.4 Å². The van der Waals surface area contributed by atoms with Gasteiger partial charge in [-0.2, -0.15) is 15.2 Å². The van der Waals surface area contributed by atoms with Crippen molar-refractivity contribution in [1.82, 2.24) is 99.2 Å². The van der Waals surface area contributed by atoms with E-state index in [4.69, 9.17) is 0 Å². The van der Waals surface area contributed by atoms with Crippen LogP contribution in [0.25, 0.3) is 44.9 Å². The summed E-state index contributed by atoms with van der Waals surface area (Å²) < 4.78 is 3.36. The van der Waals surface area contributed by atoms with Crippen LogP contribution in [0.15, 0.2) is 106 Å². The number of rotatable bonds is 0. The monoisotopic (exact) mass is 600 g/mol. The maximum absolute atomic E-state index is 3.94. The minimum atomic E-state index is 0.637. The van der Waals surface area contributed by atoms with E-state index in [0.29, 0.717) is 22.8 Å². The predicted molar refractivity (Wildman–Crippen MR) is 157 cm³/mol. The van der Waals surface area contributed by atoms with Crippen molar-refractivity contribution in [1.29, 1.82) is 0 Å². The maximum Gasteiger partial charge on any atom is 0.254 e. The lowest BCUT2D eigenvalue weighted by molar-refractivity contribution is 0.939. The van der Waals surface area contributed by atoms with Crippen LogP contribution < -0.4 is 0 Å². The van der Waals surface area contributed by atoms with Gasteiger partial charge in [0, 0.05) is 24.8 Å². The van der Waals surface area contributed by atoms with E-state index < -0.39 is 0 Å². The van der Waals surface area contributed by atoms with Gasteiger partial charge in [0.1, 0.15) is 53.7 Å². The third kappa shape index (κ3) is 7.34. The summed E-state index contributed by atoms with van der Waals surface area (Å²) in [6.07, 6.45) is 24.5. The summed E-state index contributed by atoms with van der Waals surface area (Å²) in [7, 11) is 0. The summed E-state index contributed by atoms with van der Waals surface area (Å²) in [5.74, 6) is 1.27. The fourth-order valence-corrected chi connectivity index (χ4v) is 3.42. The van der Waals surface area contributed by atoms with Crippen LogP contribution in [0.4, 0.5) is 0 Å². The Hall–Kier alpha value is -7.25. The lowest BCUT2D eigenvalue weighted by atomic mass is 10.5. The second-order valence-electron chi connectivity index (χ2n) is 8.30. The highest BCUT2D eigenvalue weighted by Gasteiger charge is 1.93. The van der Waals surface area contributed by atoms with Gasteiger partial charge in [0.25, 0.3) is 11.6 Å². The Bertz CT molecular complexity index is 1800. The Morgan fingerprint density at radius 2 is 1.24 bits per heavy atom. The second-order valence-corrected chi connectivity index (χ2v) is 8.30. The summed E-state index contributed by atoms with van der Waals surface area (Å²) in [6.45, 7) is 0. The van der Waals surface area contributed by atoms with E-state index in [1.807, 2.05) is 18.3 Å². The van der Waals surface area contributed by atoms with E-state index >= 15 is 0 Å². The lowest BCUT2D eigenvalue weighted by Crippen LogP contribution is -1.86. The molecular formula is C25H20N20. The third-order valence-corrected chi connectivity index (χ3v) is 5.45. The van der Waals surface area contributed by atoms with Gasteiger partial charge < -0.3 is 9.97 Å². The summed E-state index contributed by atoms with van der Waals surface area (Å²) in [4.78, 5) is 48.4. The van der Waals surface area contributed by atoms with Gasteiger partial charge >= 0.3 is 0 Å². The first kappa shape index (κ1) is 27.9. The van der Waals surface area contributed by atoms with Crippen LogP contribution >= 0.6 is 0 Å². The standard InChI is InChI=1S/5C5H4N4/c1-5-4(2-8-9-5)7-3-6-1;2*1-4-5(8-2-6-1)9-3-7-4;1-2-6-5-8-7-4-9(5)3-1;1-2-6-5-7-4-8-9(5)3-1/h1-3H,(H,8,9);2*1-3H,(H,6,7,8,9);2*1-4H. The molecule has 0 aromatic carbocycles. The van der Waals surface area contributed by atoms with Gasteiger partial charge in [0.15, 0.2) is 11.3 Å². The topological polar surface area (TPSA) is 250 Å². The molecule has 0 atom stereocenters. The lowest BCUT2D eigenvalue weighted by Gasteiger charge is -1.83. The Morgan fingerprint density at radius 1 is 0.578 bits per heavy atom. The fraction of sp³-hybridized carbons (Fsp3) is 0. The number of fused-ring (bicyclic) bond motifs is 5. The van der Waals surface area contributed by atoms with Crippen molar-refractivity contribution < 1.29 is 0 Å². The molecule has 10 heterocycles. The Balaban J connectivity index is 0.0000000992. The third-order valence-electron chi connectivity index (χ3n) is 5.45. The van der Waals surface area contributed by atoms with Gasteiger partial charge in [-0.3, -0.25) is 9.50 Å². The molecule has 10 rings (SSSR count). The first-order valence-electron chi connectivity index (χ1n) is 12.8. The maximum atomic E-state index is 3.94. The predicted octanol–water partition coefficient (Wildman–Crippen LogP) is 1.31. The number of aromatic nitrogens is 20. The van der Waals surface area contributed by atoms with Crippen molar-refractivity contribution in [3.05, 3.63) is 106 Å². The Morgan fingerprint density at radius 3 is 1.91 bits per heavy atom. The van der Waals surface area contributed by atoms with Crippen LogP contribution in [0.5, 0.6) is 0 Å². The van der Waals surface area contributed by atoms with Crippen molar-refractivity contribution in [2.75, 3.05) is 0 Å². The van der Waals surface area contributed by atoms with Gasteiger partial charge in [-0.15, -0.1) is 10.2 Å². The van der Waals surface area contributed by atoms with E-state index in [2.05, 4.69) is 90.3 Å². The van der Waals surface area contributed by atoms with E-state index in [1.54, 1.807) is 71.3 Å². The average Bonchev–Trinajstić information content (AvgIpc) is 3.95. The first-order chi connectivity index (χ1) is 22.3. The van der Waals surface area contributed by atoms with Crippen LogP contribution in [0.2, 0.25) is 0 Å². The normalized spacial score (nSPS) is 10.2. The molecule has 220 valence electrons. The highest BCUT2D eigenvalue weighted by Crippen LogP contribution is 2.01. The average molecular weight is 601 g/mol. The number of aromatic amines is 3. The molecule has 0 aliphatic carbocycles. The molecule has 0 unspecified atom stereocenters. The van der Waals surface area contributed by atoms with Gasteiger partial charge in [-0.1, -0.05) is 0 Å². The summed E-state index contributed by atoms with van der Waals surface area (Å²) in [5.41, 5.74) is 4.90. The molecule has 20 nitrogen and oxygen atoms in total. The Kier molecular flexibility index (Phi) is 8.73. The van der Waals surface area contributed by atoms with Gasteiger partial charge in [0.05, 0.1) is 37.4 Å². The van der Waals surface area contributed by atoms with Crippen molar-refractivity contribution in [3.63, 3.8) is 0 Å². The number of hydrogen-bond donors (Lipinski definition) is 3. The highest BCUT2D eigenvalue weighted by atomic mass is 15.3. The zero-order valence-corrected chi connectivity index (χ0v) is 22.9. The SMILES string of the molecule is c1cnc2ncnn2c1.c1cnc2nncn2c1.c1ncc2[nH]cnc2n1.c1ncc2[nH]cnc2n1.c1ncc2[nH]ncc2n1. The summed E-state index contributed by atoms with van der Waals surface area (Å²) in [6, 6.07) is 3.64. The quantitative estimate of drug-likeness (QED) is 0.222. The van der Waals surface area contributed by atoms with E-state index in [1.165, 1.54) is 25.3 Å². The van der Waals surface area contributed by atoms with Crippen LogP contribution in [0, 0.1) is 0 Å². The molecule has 10 aromatic rings. The molecule has 0 aliphatic rings. The van der Waals surface area contributed by atoms with Crippen molar-refractivity contribution in [3.8, 4) is 0 Å². The van der Waals surface area contributed by atoms with Crippen LogP contribution in [0.3, 0.4) is 0 Å². The molecule has 45 heavy (non-hydrogen) atoms. The van der Waals surface area contributed by atoms with E-state index in [-0.39, 0.29) is 0 Å². The summed E-state index contributed by atoms with van der Waals surface area (Å²) in [5, 5.41) is 17.8. The molecule has 0 aliphatic heterocycles. The Labute approximate surface area is 250 Å². The van der Waals surface area contributed by atoms with Crippen LogP contribution in [0.1, 0.15) is 0 Å². The number of H-pyrrole nitrogens is 3.